The first kappa shape index (κ1) is 14.3. The maximum Gasteiger partial charge on any atom is 0.305 e. The van der Waals surface area contributed by atoms with E-state index >= 15 is 0 Å². The molecule has 0 radical (unpaired) electrons. The molecule has 0 unspecified atom stereocenters. The van der Waals surface area contributed by atoms with E-state index in [1.807, 2.05) is 19.1 Å². The molecule has 5 nitrogen and oxygen atoms in total. The van der Waals surface area contributed by atoms with Crippen molar-refractivity contribution in [2.45, 2.75) is 20.3 Å². The van der Waals surface area contributed by atoms with E-state index in [-0.39, 0.29) is 10.8 Å². The zero-order valence-corrected chi connectivity index (χ0v) is 12.2. The number of ether oxygens (including phenoxy) is 1. The van der Waals surface area contributed by atoms with Crippen molar-refractivity contribution in [1.29, 1.82) is 0 Å². The Labute approximate surface area is 120 Å². The van der Waals surface area contributed by atoms with Crippen molar-refractivity contribution in [2.75, 3.05) is 11.9 Å². The topological polar surface area (TPSA) is 71.2 Å². The molecule has 2 N–H and O–H groups in total. The van der Waals surface area contributed by atoms with E-state index in [2.05, 4.69) is 10.3 Å². The highest BCUT2D eigenvalue weighted by atomic mass is 32.1. The SMILES string of the molecule is CCCOc1ccccc1NC(=O)c1sc(=O)[nH]c1C. The molecule has 106 valence electrons. The Balaban J connectivity index is 2.19. The van der Waals surface area contributed by atoms with Gasteiger partial charge >= 0.3 is 4.87 Å². The second-order valence-corrected chi connectivity index (χ2v) is 5.25. The molecular weight excluding hydrogens is 276 g/mol. The molecule has 0 spiro atoms. The molecule has 0 aliphatic heterocycles. The molecule has 0 bridgehead atoms. The average molecular weight is 292 g/mol. The third-order valence-electron chi connectivity index (χ3n) is 2.63. The summed E-state index contributed by atoms with van der Waals surface area (Å²) in [5, 5.41) is 2.78. The van der Waals surface area contributed by atoms with Gasteiger partial charge in [-0.05, 0) is 25.5 Å². The number of anilines is 1. The molecule has 2 rings (SSSR count). The van der Waals surface area contributed by atoms with Crippen molar-refractivity contribution >= 4 is 22.9 Å². The summed E-state index contributed by atoms with van der Waals surface area (Å²) in [5.74, 6) is 0.321. The van der Waals surface area contributed by atoms with Gasteiger partial charge in [0.2, 0.25) is 0 Å². The molecule has 1 heterocycles. The van der Waals surface area contributed by atoms with Crippen LogP contribution in [-0.4, -0.2) is 17.5 Å². The number of H-pyrrole nitrogens is 1. The molecule has 1 amide bonds. The summed E-state index contributed by atoms with van der Waals surface area (Å²) in [4.78, 5) is 26.1. The van der Waals surface area contributed by atoms with Crippen LogP contribution in [0.5, 0.6) is 5.75 Å². The van der Waals surface area contributed by atoms with Crippen LogP contribution in [-0.2, 0) is 0 Å². The number of hydrogen-bond acceptors (Lipinski definition) is 4. The molecule has 20 heavy (non-hydrogen) atoms. The Bertz CT molecular complexity index is 660. The maximum atomic E-state index is 12.2. The number of amides is 1. The summed E-state index contributed by atoms with van der Waals surface area (Å²) in [6.07, 6.45) is 0.890. The number of hydrogen-bond donors (Lipinski definition) is 2. The Morgan fingerprint density at radius 2 is 2.15 bits per heavy atom. The molecule has 0 saturated heterocycles. The largest absolute Gasteiger partial charge is 0.491 e. The van der Waals surface area contributed by atoms with Gasteiger partial charge < -0.3 is 15.0 Å². The number of rotatable bonds is 5. The zero-order chi connectivity index (χ0) is 14.5. The van der Waals surface area contributed by atoms with Crippen LogP contribution >= 0.6 is 11.3 Å². The summed E-state index contributed by atoms with van der Waals surface area (Å²) in [7, 11) is 0. The molecule has 0 atom stereocenters. The number of aromatic amines is 1. The Hall–Kier alpha value is -2.08. The molecule has 2 aromatic rings. The first-order valence-corrected chi connectivity index (χ1v) is 7.16. The fourth-order valence-corrected chi connectivity index (χ4v) is 2.45. The van der Waals surface area contributed by atoms with Crippen LogP contribution in [0.4, 0.5) is 5.69 Å². The summed E-state index contributed by atoms with van der Waals surface area (Å²) >= 11 is 0.901. The lowest BCUT2D eigenvalue weighted by Crippen LogP contribution is -2.12. The van der Waals surface area contributed by atoms with E-state index in [1.165, 1.54) is 0 Å². The van der Waals surface area contributed by atoms with Gasteiger partial charge in [0.1, 0.15) is 10.6 Å². The van der Waals surface area contributed by atoms with Crippen LogP contribution in [0.1, 0.15) is 28.7 Å². The monoisotopic (exact) mass is 292 g/mol. The van der Waals surface area contributed by atoms with Crippen LogP contribution in [0.2, 0.25) is 0 Å². The smallest absolute Gasteiger partial charge is 0.305 e. The highest BCUT2D eigenvalue weighted by molar-refractivity contribution is 7.11. The van der Waals surface area contributed by atoms with Crippen LogP contribution in [0.15, 0.2) is 29.1 Å². The number of carbonyl (C=O) groups is 1. The third kappa shape index (κ3) is 3.27. The number of nitrogens with one attached hydrogen (secondary N) is 2. The highest BCUT2D eigenvalue weighted by Gasteiger charge is 2.15. The number of carbonyl (C=O) groups excluding carboxylic acids is 1. The van der Waals surface area contributed by atoms with Crippen LogP contribution in [0.3, 0.4) is 0 Å². The first-order chi connectivity index (χ1) is 9.61. The minimum atomic E-state index is -0.307. The van der Waals surface area contributed by atoms with Gasteiger partial charge in [0, 0.05) is 5.69 Å². The third-order valence-corrected chi connectivity index (χ3v) is 3.61. The lowest BCUT2D eigenvalue weighted by molar-refractivity contribution is 0.102. The first-order valence-electron chi connectivity index (χ1n) is 6.34. The summed E-state index contributed by atoms with van der Waals surface area (Å²) in [5.41, 5.74) is 1.18. The Morgan fingerprint density at radius 1 is 1.40 bits per heavy atom. The lowest BCUT2D eigenvalue weighted by atomic mass is 10.2. The molecule has 6 heteroatoms. The number of benzene rings is 1. The molecule has 0 fully saturated rings. The Morgan fingerprint density at radius 3 is 2.80 bits per heavy atom. The highest BCUT2D eigenvalue weighted by Crippen LogP contribution is 2.25. The lowest BCUT2D eigenvalue weighted by Gasteiger charge is -2.11. The predicted molar refractivity (Wildman–Crippen MR) is 79.9 cm³/mol. The summed E-state index contributed by atoms with van der Waals surface area (Å²) < 4.78 is 5.58. The van der Waals surface area contributed by atoms with E-state index in [4.69, 9.17) is 4.74 Å². The fourth-order valence-electron chi connectivity index (χ4n) is 1.71. The second kappa shape index (κ2) is 6.38. The molecule has 0 aliphatic carbocycles. The van der Waals surface area contributed by atoms with Gasteiger partial charge in [-0.25, -0.2) is 0 Å². The van der Waals surface area contributed by atoms with Crippen LogP contribution in [0, 0.1) is 6.92 Å². The zero-order valence-electron chi connectivity index (χ0n) is 11.4. The van der Waals surface area contributed by atoms with Gasteiger partial charge in [0.05, 0.1) is 12.3 Å². The van der Waals surface area contributed by atoms with E-state index < -0.39 is 0 Å². The van der Waals surface area contributed by atoms with Crippen LogP contribution in [0.25, 0.3) is 0 Å². The fraction of sp³-hybridized carbons (Fsp3) is 0.286. The van der Waals surface area contributed by atoms with E-state index in [0.717, 1.165) is 17.8 Å². The van der Waals surface area contributed by atoms with Crippen molar-refractivity contribution in [3.8, 4) is 5.75 Å². The van der Waals surface area contributed by atoms with Gasteiger partial charge in [-0.15, -0.1) is 0 Å². The van der Waals surface area contributed by atoms with Crippen molar-refractivity contribution in [2.24, 2.45) is 0 Å². The summed E-state index contributed by atoms with van der Waals surface area (Å²) in [6.45, 7) is 4.30. The molecule has 1 aromatic heterocycles. The quantitative estimate of drug-likeness (QED) is 0.890. The molecule has 1 aromatic carbocycles. The normalized spacial score (nSPS) is 10.3. The van der Waals surface area contributed by atoms with Gasteiger partial charge in [-0.3, -0.25) is 9.59 Å². The number of aromatic nitrogens is 1. The Kier molecular flexibility index (Phi) is 4.57. The van der Waals surface area contributed by atoms with Crippen molar-refractivity contribution in [1.82, 2.24) is 4.98 Å². The van der Waals surface area contributed by atoms with E-state index in [9.17, 15) is 9.59 Å². The minimum Gasteiger partial charge on any atom is -0.491 e. The number of para-hydroxylation sites is 2. The van der Waals surface area contributed by atoms with Crippen molar-refractivity contribution in [3.05, 3.63) is 44.5 Å². The van der Waals surface area contributed by atoms with E-state index in [0.29, 0.717) is 28.6 Å². The molecule has 0 aliphatic rings. The maximum absolute atomic E-state index is 12.2. The molecular formula is C14H16N2O3S. The van der Waals surface area contributed by atoms with Gasteiger partial charge in [-0.2, -0.15) is 0 Å². The second-order valence-electron chi connectivity index (χ2n) is 4.27. The minimum absolute atomic E-state index is 0.233. The van der Waals surface area contributed by atoms with Gasteiger partial charge in [0.15, 0.2) is 0 Å². The van der Waals surface area contributed by atoms with Crippen molar-refractivity contribution in [3.63, 3.8) is 0 Å². The molecule has 0 saturated carbocycles. The van der Waals surface area contributed by atoms with Crippen LogP contribution < -0.4 is 14.9 Å². The van der Waals surface area contributed by atoms with Gasteiger partial charge in [0.25, 0.3) is 5.91 Å². The van der Waals surface area contributed by atoms with Crippen molar-refractivity contribution < 1.29 is 9.53 Å². The summed E-state index contributed by atoms with van der Waals surface area (Å²) in [6, 6.07) is 7.24. The number of aryl methyl sites for hydroxylation is 1. The number of thiazole rings is 1. The van der Waals surface area contributed by atoms with E-state index in [1.54, 1.807) is 19.1 Å². The standard InChI is InChI=1S/C14H16N2O3S/c1-3-8-19-11-7-5-4-6-10(11)16-13(17)12-9(2)15-14(18)20-12/h4-7H,3,8H2,1-2H3,(H,15,18)(H,16,17). The van der Waals surface area contributed by atoms with Gasteiger partial charge in [-0.1, -0.05) is 30.4 Å². The average Bonchev–Trinajstić information content (AvgIpc) is 2.77. The predicted octanol–water partition coefficient (Wildman–Crippen LogP) is 2.79.